The van der Waals surface area contributed by atoms with Gasteiger partial charge in [0, 0.05) is 31.0 Å². The van der Waals surface area contributed by atoms with Crippen LogP contribution in [0.4, 0.5) is 4.39 Å². The van der Waals surface area contributed by atoms with Gasteiger partial charge in [-0.15, -0.1) is 0 Å². The largest absolute Gasteiger partial charge is 0.480 e. The molecule has 1 aromatic carbocycles. The fourth-order valence-electron chi connectivity index (χ4n) is 4.32. The molecule has 0 unspecified atom stereocenters. The van der Waals surface area contributed by atoms with Crippen molar-refractivity contribution in [3.63, 3.8) is 0 Å². The third-order valence-electron chi connectivity index (χ3n) is 5.35. The molecular weight excluding hydrogens is 377 g/mol. The van der Waals surface area contributed by atoms with Crippen LogP contribution >= 0.6 is 15.9 Å². The molecule has 1 heterocycles. The first-order chi connectivity index (χ1) is 11.2. The SMILES string of the molecule is C[C@H](Oc1ccc(F)cc1Br)C(=O)N(C)[C@@H]1[C@H]2CCO[C@@H]2C1(C)C. The normalized spacial score (nSPS) is 28.7. The number of halogens is 2. The van der Waals surface area contributed by atoms with Gasteiger partial charge in [-0.25, -0.2) is 4.39 Å². The van der Waals surface area contributed by atoms with Gasteiger partial charge in [0.2, 0.25) is 0 Å². The Balaban J connectivity index is 1.69. The van der Waals surface area contributed by atoms with Crippen LogP contribution < -0.4 is 4.74 Å². The third-order valence-corrected chi connectivity index (χ3v) is 5.97. The molecule has 1 aromatic rings. The topological polar surface area (TPSA) is 38.8 Å². The highest BCUT2D eigenvalue weighted by molar-refractivity contribution is 9.10. The lowest BCUT2D eigenvalue weighted by molar-refractivity contribution is -0.171. The van der Waals surface area contributed by atoms with Crippen LogP contribution in [0.5, 0.6) is 5.75 Å². The average molecular weight is 400 g/mol. The number of benzene rings is 1. The second-order valence-electron chi connectivity index (χ2n) is 7.29. The molecule has 1 saturated heterocycles. The first-order valence-corrected chi connectivity index (χ1v) is 9.02. The van der Waals surface area contributed by atoms with Gasteiger partial charge in [0.05, 0.1) is 10.6 Å². The van der Waals surface area contributed by atoms with Gasteiger partial charge in [-0.05, 0) is 47.5 Å². The third kappa shape index (κ3) is 2.84. The number of fused-ring (bicyclic) bond motifs is 1. The van der Waals surface area contributed by atoms with Crippen molar-refractivity contribution in [3.8, 4) is 5.75 Å². The molecule has 6 heteroatoms. The van der Waals surface area contributed by atoms with E-state index >= 15 is 0 Å². The number of carbonyl (C=O) groups is 1. The van der Waals surface area contributed by atoms with Crippen LogP contribution in [0.1, 0.15) is 27.2 Å². The van der Waals surface area contributed by atoms with Gasteiger partial charge in [-0.3, -0.25) is 4.79 Å². The van der Waals surface area contributed by atoms with Crippen molar-refractivity contribution in [2.24, 2.45) is 11.3 Å². The summed E-state index contributed by atoms with van der Waals surface area (Å²) in [6.07, 6.45) is 0.587. The van der Waals surface area contributed by atoms with E-state index in [1.54, 1.807) is 11.8 Å². The molecule has 4 atom stereocenters. The maximum absolute atomic E-state index is 13.2. The summed E-state index contributed by atoms with van der Waals surface area (Å²) in [5.74, 6) is 0.433. The summed E-state index contributed by atoms with van der Waals surface area (Å²) in [7, 11) is 1.84. The molecule has 2 fully saturated rings. The van der Waals surface area contributed by atoms with Gasteiger partial charge in [0.1, 0.15) is 11.6 Å². The van der Waals surface area contributed by atoms with E-state index in [0.717, 1.165) is 13.0 Å². The highest BCUT2D eigenvalue weighted by Gasteiger charge is 2.61. The van der Waals surface area contributed by atoms with Crippen LogP contribution in [0.2, 0.25) is 0 Å². The summed E-state index contributed by atoms with van der Waals surface area (Å²) in [5.41, 5.74) is -0.0538. The second kappa shape index (κ2) is 6.30. The monoisotopic (exact) mass is 399 g/mol. The van der Waals surface area contributed by atoms with Crippen LogP contribution in [-0.2, 0) is 9.53 Å². The molecule has 4 nitrogen and oxygen atoms in total. The average Bonchev–Trinajstić information content (AvgIpc) is 2.95. The molecule has 0 radical (unpaired) electrons. The van der Waals surface area contributed by atoms with Crippen molar-refractivity contribution >= 4 is 21.8 Å². The Morgan fingerprint density at radius 3 is 2.88 bits per heavy atom. The van der Waals surface area contributed by atoms with E-state index in [9.17, 15) is 9.18 Å². The van der Waals surface area contributed by atoms with Crippen molar-refractivity contribution in [3.05, 3.63) is 28.5 Å². The zero-order chi connectivity index (χ0) is 17.6. The lowest BCUT2D eigenvalue weighted by Crippen LogP contribution is -2.67. The molecule has 1 aliphatic heterocycles. The van der Waals surface area contributed by atoms with Crippen molar-refractivity contribution in [2.45, 2.75) is 45.4 Å². The Bertz CT molecular complexity index is 651. The van der Waals surface area contributed by atoms with E-state index in [0.29, 0.717) is 16.1 Å². The molecule has 0 N–H and O–H groups in total. The van der Waals surface area contributed by atoms with Gasteiger partial charge in [-0.1, -0.05) is 13.8 Å². The van der Waals surface area contributed by atoms with Gasteiger partial charge < -0.3 is 14.4 Å². The van der Waals surface area contributed by atoms with Gasteiger partial charge in [0.25, 0.3) is 5.91 Å². The number of hydrogen-bond acceptors (Lipinski definition) is 3. The predicted octanol–water partition coefficient (Wildman–Crippen LogP) is 3.63. The summed E-state index contributed by atoms with van der Waals surface area (Å²) >= 11 is 3.26. The molecule has 132 valence electrons. The Morgan fingerprint density at radius 2 is 2.21 bits per heavy atom. The van der Waals surface area contributed by atoms with E-state index in [2.05, 4.69) is 29.8 Å². The van der Waals surface area contributed by atoms with Crippen molar-refractivity contribution in [1.82, 2.24) is 4.90 Å². The molecule has 1 saturated carbocycles. The lowest BCUT2D eigenvalue weighted by atomic mass is 9.56. The highest BCUT2D eigenvalue weighted by Crippen LogP contribution is 2.54. The number of carbonyl (C=O) groups excluding carboxylic acids is 1. The second-order valence-corrected chi connectivity index (χ2v) is 8.15. The fourth-order valence-corrected chi connectivity index (χ4v) is 4.76. The van der Waals surface area contributed by atoms with Crippen molar-refractivity contribution < 1.29 is 18.7 Å². The standard InChI is InChI=1S/C18H23BrFNO3/c1-10(24-14-6-5-11(20)9-13(14)19)17(22)21(4)15-12-7-8-23-16(12)18(15,2)3/h5-6,9-10,12,15-16H,7-8H2,1-4H3/t10-,12+,15+,16-/m0/s1. The van der Waals surface area contributed by atoms with Crippen molar-refractivity contribution in [1.29, 1.82) is 0 Å². The Morgan fingerprint density at radius 1 is 1.50 bits per heavy atom. The number of rotatable bonds is 4. The Kier molecular flexibility index (Phi) is 4.64. The zero-order valence-electron chi connectivity index (χ0n) is 14.4. The molecule has 24 heavy (non-hydrogen) atoms. The lowest BCUT2D eigenvalue weighted by Gasteiger charge is -2.57. The molecule has 0 aromatic heterocycles. The Hall–Kier alpha value is -1.14. The summed E-state index contributed by atoms with van der Waals surface area (Å²) in [4.78, 5) is 14.6. The highest BCUT2D eigenvalue weighted by atomic mass is 79.9. The first-order valence-electron chi connectivity index (χ1n) is 8.23. The molecule has 0 bridgehead atoms. The molecular formula is C18H23BrFNO3. The van der Waals surface area contributed by atoms with Crippen LogP contribution in [0.3, 0.4) is 0 Å². The number of ether oxygens (including phenoxy) is 2. The van der Waals surface area contributed by atoms with Crippen LogP contribution in [0.15, 0.2) is 22.7 Å². The summed E-state index contributed by atoms with van der Waals surface area (Å²) in [6.45, 7) is 6.79. The maximum atomic E-state index is 13.2. The summed E-state index contributed by atoms with van der Waals surface area (Å²) in [5, 5.41) is 0. The van der Waals surface area contributed by atoms with E-state index in [1.807, 2.05) is 7.05 Å². The smallest absolute Gasteiger partial charge is 0.263 e. The quantitative estimate of drug-likeness (QED) is 0.775. The Labute approximate surface area is 150 Å². The van der Waals surface area contributed by atoms with Gasteiger partial charge >= 0.3 is 0 Å². The predicted molar refractivity (Wildman–Crippen MR) is 92.4 cm³/mol. The first kappa shape index (κ1) is 17.7. The zero-order valence-corrected chi connectivity index (χ0v) is 16.0. The van der Waals surface area contributed by atoms with Gasteiger partial charge in [0.15, 0.2) is 6.10 Å². The summed E-state index contributed by atoms with van der Waals surface area (Å²) < 4.78 is 25.2. The van der Waals surface area contributed by atoms with Crippen LogP contribution in [0.25, 0.3) is 0 Å². The minimum Gasteiger partial charge on any atom is -0.480 e. The fraction of sp³-hybridized carbons (Fsp3) is 0.611. The van der Waals surface area contributed by atoms with E-state index < -0.39 is 6.10 Å². The molecule has 3 rings (SSSR count). The molecule has 0 spiro atoms. The molecule has 1 aliphatic carbocycles. The van der Waals surface area contributed by atoms with Crippen LogP contribution in [0, 0.1) is 17.2 Å². The minimum atomic E-state index is -0.645. The molecule has 1 amide bonds. The number of amides is 1. The van der Waals surface area contributed by atoms with Crippen LogP contribution in [-0.4, -0.2) is 42.7 Å². The number of hydrogen-bond donors (Lipinski definition) is 0. The number of likely N-dealkylation sites (N-methyl/N-ethyl adjacent to an activating group) is 1. The number of nitrogens with zero attached hydrogens (tertiary/aromatic N) is 1. The van der Waals surface area contributed by atoms with Gasteiger partial charge in [-0.2, -0.15) is 0 Å². The maximum Gasteiger partial charge on any atom is 0.263 e. The van der Waals surface area contributed by atoms with E-state index in [4.69, 9.17) is 9.47 Å². The minimum absolute atomic E-state index is 0.0538. The van der Waals surface area contributed by atoms with E-state index in [1.165, 1.54) is 18.2 Å². The molecule has 2 aliphatic rings. The summed E-state index contributed by atoms with van der Waals surface area (Å²) in [6, 6.07) is 4.32. The van der Waals surface area contributed by atoms with E-state index in [-0.39, 0.29) is 29.3 Å². The van der Waals surface area contributed by atoms with Crippen molar-refractivity contribution in [2.75, 3.05) is 13.7 Å².